The third-order valence-corrected chi connectivity index (χ3v) is 2.57. The lowest BCUT2D eigenvalue weighted by Crippen LogP contribution is -2.44. The summed E-state index contributed by atoms with van der Waals surface area (Å²) in [6.45, 7) is 4.43. The van der Waals surface area contributed by atoms with Crippen LogP contribution in [0.1, 0.15) is 17.3 Å². The normalized spacial score (nSPS) is 21.4. The topological polar surface area (TPSA) is 42.4 Å². The zero-order valence-corrected chi connectivity index (χ0v) is 8.72. The van der Waals surface area contributed by atoms with E-state index in [1.54, 1.807) is 12.3 Å². The summed E-state index contributed by atoms with van der Waals surface area (Å²) in [7, 11) is 0. The highest BCUT2D eigenvalue weighted by molar-refractivity contribution is 5.74. The molecule has 0 bridgehead atoms. The second-order valence-corrected chi connectivity index (χ2v) is 3.68. The number of pyridine rings is 1. The number of hydrogen-bond acceptors (Lipinski definition) is 4. The molecule has 1 aliphatic rings. The van der Waals surface area contributed by atoms with Crippen molar-refractivity contribution in [1.29, 1.82) is 0 Å². The van der Waals surface area contributed by atoms with Gasteiger partial charge in [-0.05, 0) is 19.1 Å². The molecule has 80 valence electrons. The van der Waals surface area contributed by atoms with E-state index in [4.69, 9.17) is 4.74 Å². The van der Waals surface area contributed by atoms with Gasteiger partial charge in [-0.3, -0.25) is 4.79 Å². The Bertz CT molecular complexity index is 337. The summed E-state index contributed by atoms with van der Waals surface area (Å²) >= 11 is 0. The Kier molecular flexibility index (Phi) is 2.97. The highest BCUT2D eigenvalue weighted by atomic mass is 16.5. The van der Waals surface area contributed by atoms with Crippen molar-refractivity contribution in [2.75, 3.05) is 24.7 Å². The smallest absolute Gasteiger partial charge is 0.151 e. The second kappa shape index (κ2) is 4.40. The summed E-state index contributed by atoms with van der Waals surface area (Å²) in [6, 6.07) is 4.01. The van der Waals surface area contributed by atoms with E-state index in [0.29, 0.717) is 11.6 Å². The minimum atomic E-state index is 0.341. The number of carbonyl (C=O) groups is 1. The van der Waals surface area contributed by atoms with Crippen LogP contribution in [0.15, 0.2) is 18.3 Å². The van der Waals surface area contributed by atoms with Crippen molar-refractivity contribution in [3.63, 3.8) is 0 Å². The number of aldehydes is 1. The molecule has 2 heterocycles. The van der Waals surface area contributed by atoms with Gasteiger partial charge in [-0.25, -0.2) is 4.98 Å². The molecule has 1 atom stereocenters. The van der Waals surface area contributed by atoms with Crippen molar-refractivity contribution in [2.24, 2.45) is 0 Å². The Labute approximate surface area is 88.9 Å². The van der Waals surface area contributed by atoms with Crippen LogP contribution in [-0.4, -0.2) is 37.1 Å². The molecule has 0 N–H and O–H groups in total. The highest BCUT2D eigenvalue weighted by Gasteiger charge is 2.19. The molecule has 15 heavy (non-hydrogen) atoms. The lowest BCUT2D eigenvalue weighted by Gasteiger charge is -2.34. The van der Waals surface area contributed by atoms with Crippen LogP contribution in [0.4, 0.5) is 5.82 Å². The van der Waals surface area contributed by atoms with Gasteiger partial charge >= 0.3 is 0 Å². The number of rotatable bonds is 2. The van der Waals surface area contributed by atoms with Crippen molar-refractivity contribution >= 4 is 12.1 Å². The molecule has 4 heteroatoms. The number of nitrogens with zero attached hydrogens (tertiary/aromatic N) is 2. The maximum absolute atomic E-state index is 10.5. The highest BCUT2D eigenvalue weighted by Crippen LogP contribution is 2.16. The maximum atomic E-state index is 10.5. The zero-order chi connectivity index (χ0) is 10.7. The Morgan fingerprint density at radius 1 is 1.60 bits per heavy atom. The minimum absolute atomic E-state index is 0.341. The third kappa shape index (κ3) is 2.15. The van der Waals surface area contributed by atoms with E-state index in [1.807, 2.05) is 6.07 Å². The predicted molar refractivity (Wildman–Crippen MR) is 57.3 cm³/mol. The first-order valence-corrected chi connectivity index (χ1v) is 5.07. The van der Waals surface area contributed by atoms with Gasteiger partial charge in [-0.15, -0.1) is 0 Å². The second-order valence-electron chi connectivity index (χ2n) is 3.68. The fourth-order valence-corrected chi connectivity index (χ4v) is 1.70. The Morgan fingerprint density at radius 3 is 3.07 bits per heavy atom. The molecule has 4 nitrogen and oxygen atoms in total. The third-order valence-electron chi connectivity index (χ3n) is 2.57. The molecule has 0 aromatic carbocycles. The Balaban J connectivity index is 2.16. The first kappa shape index (κ1) is 10.1. The molecule has 0 radical (unpaired) electrons. The van der Waals surface area contributed by atoms with E-state index < -0.39 is 0 Å². The summed E-state index contributed by atoms with van der Waals surface area (Å²) in [5.41, 5.74) is 0.611. The molecule has 0 saturated carbocycles. The van der Waals surface area contributed by atoms with Crippen LogP contribution in [-0.2, 0) is 4.74 Å². The van der Waals surface area contributed by atoms with Crippen LogP contribution in [0, 0.1) is 0 Å². The van der Waals surface area contributed by atoms with Crippen molar-refractivity contribution < 1.29 is 9.53 Å². The lowest BCUT2D eigenvalue weighted by molar-refractivity contribution is 0.0985. The number of morpholine rings is 1. The monoisotopic (exact) mass is 206 g/mol. The van der Waals surface area contributed by atoms with Crippen LogP contribution in [0.3, 0.4) is 0 Å². The van der Waals surface area contributed by atoms with E-state index in [-0.39, 0.29) is 0 Å². The predicted octanol–water partition coefficient (Wildman–Crippen LogP) is 1.12. The quantitative estimate of drug-likeness (QED) is 0.680. The zero-order valence-electron chi connectivity index (χ0n) is 8.72. The number of ether oxygens (including phenoxy) is 1. The van der Waals surface area contributed by atoms with E-state index >= 15 is 0 Å². The number of anilines is 1. The van der Waals surface area contributed by atoms with Crippen LogP contribution in [0.5, 0.6) is 0 Å². The fourth-order valence-electron chi connectivity index (χ4n) is 1.70. The van der Waals surface area contributed by atoms with Gasteiger partial charge in [0, 0.05) is 18.3 Å². The molecular weight excluding hydrogens is 192 g/mol. The van der Waals surface area contributed by atoms with Crippen LogP contribution in [0.2, 0.25) is 0 Å². The lowest BCUT2D eigenvalue weighted by atomic mass is 10.2. The number of aromatic nitrogens is 1. The van der Waals surface area contributed by atoms with Crippen LogP contribution >= 0.6 is 0 Å². The van der Waals surface area contributed by atoms with Crippen LogP contribution in [0.25, 0.3) is 0 Å². The SMILES string of the molecule is C[C@@H]1COCCN1c1ccc(C=O)cn1. The van der Waals surface area contributed by atoms with E-state index in [2.05, 4.69) is 16.8 Å². The summed E-state index contributed by atoms with van der Waals surface area (Å²) in [5.74, 6) is 0.913. The Morgan fingerprint density at radius 2 is 2.47 bits per heavy atom. The van der Waals surface area contributed by atoms with Gasteiger partial charge < -0.3 is 9.64 Å². The molecule has 1 aliphatic heterocycles. The van der Waals surface area contributed by atoms with Gasteiger partial charge in [-0.1, -0.05) is 0 Å². The summed E-state index contributed by atoms with van der Waals surface area (Å²) in [5, 5.41) is 0. The van der Waals surface area contributed by atoms with Crippen LogP contribution < -0.4 is 4.90 Å². The van der Waals surface area contributed by atoms with Crippen molar-refractivity contribution in [2.45, 2.75) is 13.0 Å². The van der Waals surface area contributed by atoms with Crippen molar-refractivity contribution in [1.82, 2.24) is 4.98 Å². The molecule has 0 spiro atoms. The average molecular weight is 206 g/mol. The standard InChI is InChI=1S/C11H14N2O2/c1-9-8-15-5-4-13(9)11-3-2-10(7-14)6-12-11/h2-3,6-7,9H,4-5,8H2,1H3/t9-/m1/s1. The first-order chi connectivity index (χ1) is 7.31. The molecule has 1 saturated heterocycles. The van der Waals surface area contributed by atoms with Crippen molar-refractivity contribution in [3.8, 4) is 0 Å². The van der Waals surface area contributed by atoms with E-state index in [0.717, 1.165) is 31.9 Å². The largest absolute Gasteiger partial charge is 0.377 e. The summed E-state index contributed by atoms with van der Waals surface area (Å²) in [4.78, 5) is 16.9. The summed E-state index contributed by atoms with van der Waals surface area (Å²) in [6.07, 6.45) is 2.41. The van der Waals surface area contributed by atoms with Gasteiger partial charge in [0.05, 0.1) is 19.3 Å². The fraction of sp³-hybridized carbons (Fsp3) is 0.455. The van der Waals surface area contributed by atoms with E-state index in [9.17, 15) is 4.79 Å². The van der Waals surface area contributed by atoms with Gasteiger partial charge in [0.2, 0.25) is 0 Å². The molecule has 0 aliphatic carbocycles. The average Bonchev–Trinajstić information content (AvgIpc) is 2.30. The molecule has 1 aromatic heterocycles. The molecular formula is C11H14N2O2. The Hall–Kier alpha value is -1.42. The maximum Gasteiger partial charge on any atom is 0.151 e. The molecule has 0 amide bonds. The number of carbonyl (C=O) groups excluding carboxylic acids is 1. The van der Waals surface area contributed by atoms with Gasteiger partial charge in [0.15, 0.2) is 6.29 Å². The van der Waals surface area contributed by atoms with Gasteiger partial charge in [0.1, 0.15) is 5.82 Å². The minimum Gasteiger partial charge on any atom is -0.377 e. The molecule has 0 unspecified atom stereocenters. The summed E-state index contributed by atoms with van der Waals surface area (Å²) < 4.78 is 5.35. The van der Waals surface area contributed by atoms with Crippen molar-refractivity contribution in [3.05, 3.63) is 23.9 Å². The molecule has 2 rings (SSSR count). The molecule has 1 fully saturated rings. The molecule has 1 aromatic rings. The van der Waals surface area contributed by atoms with E-state index in [1.165, 1.54) is 0 Å². The van der Waals surface area contributed by atoms with Gasteiger partial charge in [0.25, 0.3) is 0 Å². The first-order valence-electron chi connectivity index (χ1n) is 5.07. The van der Waals surface area contributed by atoms with Gasteiger partial charge in [-0.2, -0.15) is 0 Å². The number of hydrogen-bond donors (Lipinski definition) is 0.